The van der Waals surface area contributed by atoms with Crippen LogP contribution in [0.1, 0.15) is 12.8 Å². The van der Waals surface area contributed by atoms with Crippen LogP contribution in [-0.4, -0.2) is 39.0 Å². The monoisotopic (exact) mass is 292 g/mol. The molecule has 1 aromatic rings. The number of aliphatic hydroxyl groups is 1. The number of rotatable bonds is 5. The summed E-state index contributed by atoms with van der Waals surface area (Å²) in [6.07, 6.45) is 3.30. The molecule has 2 rings (SSSR count). The fourth-order valence-corrected chi connectivity index (χ4v) is 3.34. The van der Waals surface area contributed by atoms with Gasteiger partial charge in [-0.2, -0.15) is 0 Å². The highest BCUT2D eigenvalue weighted by Gasteiger charge is 2.21. The molecule has 0 atom stereocenters. The van der Waals surface area contributed by atoms with Crippen LogP contribution in [0, 0.1) is 5.92 Å². The zero-order valence-electron chi connectivity index (χ0n) is 13.0. The molecule has 0 saturated carbocycles. The molecular weight excluding hydrogens is 264 g/mol. The molecule has 0 bridgehead atoms. The van der Waals surface area contributed by atoms with Crippen LogP contribution in [0.3, 0.4) is 0 Å². The van der Waals surface area contributed by atoms with Gasteiger partial charge in [0.2, 0.25) is 0 Å². The van der Waals surface area contributed by atoms with E-state index in [-0.39, 0.29) is 0 Å². The van der Waals surface area contributed by atoms with Gasteiger partial charge in [0.05, 0.1) is 19.4 Å². The van der Waals surface area contributed by atoms with Gasteiger partial charge in [-0.1, -0.05) is 31.8 Å². The molecule has 0 aliphatic carbocycles. The summed E-state index contributed by atoms with van der Waals surface area (Å²) in [6, 6.07) is 8.63. The molecule has 2 N–H and O–H groups in total. The van der Waals surface area contributed by atoms with Gasteiger partial charge in [-0.15, -0.1) is 0 Å². The zero-order valence-corrected chi connectivity index (χ0v) is 14.0. The predicted molar refractivity (Wildman–Crippen MR) is 90.3 cm³/mol. The fraction of sp³-hybridized carbons (Fsp3) is 0.625. The molecule has 1 aliphatic rings. The quantitative estimate of drug-likeness (QED) is 0.818. The van der Waals surface area contributed by atoms with Crippen molar-refractivity contribution in [3.8, 4) is 0 Å². The molecule has 3 nitrogen and oxygen atoms in total. The lowest BCUT2D eigenvalue weighted by atomic mass is 9.97. The zero-order chi connectivity index (χ0) is 14.6. The minimum Gasteiger partial charge on any atom is -0.396 e. The summed E-state index contributed by atoms with van der Waals surface area (Å²) < 4.78 is 0. The molecule has 1 fully saturated rings. The Bertz CT molecular complexity index is 423. The lowest BCUT2D eigenvalue weighted by Gasteiger charge is -2.34. The summed E-state index contributed by atoms with van der Waals surface area (Å²) in [5, 5.41) is 12.9. The maximum atomic E-state index is 9.25. The highest BCUT2D eigenvalue weighted by atomic mass is 28.3. The average Bonchev–Trinajstić information content (AvgIpc) is 2.45. The van der Waals surface area contributed by atoms with Crippen molar-refractivity contribution in [2.45, 2.75) is 32.5 Å². The van der Waals surface area contributed by atoms with Gasteiger partial charge < -0.3 is 15.3 Å². The van der Waals surface area contributed by atoms with E-state index < -0.39 is 8.07 Å². The van der Waals surface area contributed by atoms with E-state index >= 15 is 0 Å². The number of nitrogens with zero attached hydrogens (tertiary/aromatic N) is 1. The van der Waals surface area contributed by atoms with Gasteiger partial charge in [-0.3, -0.25) is 0 Å². The van der Waals surface area contributed by atoms with Crippen LogP contribution in [0.2, 0.25) is 19.6 Å². The molecule has 0 amide bonds. The second-order valence-electron chi connectivity index (χ2n) is 7.04. The molecule has 0 radical (unpaired) electrons. The minimum absolute atomic E-state index is 0.337. The highest BCUT2D eigenvalue weighted by molar-refractivity contribution is 6.76. The van der Waals surface area contributed by atoms with E-state index in [4.69, 9.17) is 0 Å². The Morgan fingerprint density at radius 3 is 2.45 bits per heavy atom. The summed E-state index contributed by atoms with van der Waals surface area (Å²) in [4.78, 5) is 2.46. The molecule has 4 heteroatoms. The maximum absolute atomic E-state index is 9.25. The molecule has 0 unspecified atom stereocenters. The Hall–Kier alpha value is -1.00. The van der Waals surface area contributed by atoms with Crippen LogP contribution in [-0.2, 0) is 0 Å². The van der Waals surface area contributed by atoms with Gasteiger partial charge in [0, 0.05) is 25.9 Å². The van der Waals surface area contributed by atoms with Gasteiger partial charge in [0.1, 0.15) is 0 Å². The second-order valence-corrected chi connectivity index (χ2v) is 12.5. The van der Waals surface area contributed by atoms with Gasteiger partial charge in [-0.05, 0) is 30.9 Å². The Morgan fingerprint density at radius 1 is 1.20 bits per heavy atom. The van der Waals surface area contributed by atoms with Crippen LogP contribution in [0.5, 0.6) is 0 Å². The summed E-state index contributed by atoms with van der Waals surface area (Å²) >= 11 is 0. The van der Waals surface area contributed by atoms with E-state index in [1.807, 2.05) is 0 Å². The number of benzene rings is 1. The van der Waals surface area contributed by atoms with Crippen LogP contribution in [0.4, 0.5) is 11.4 Å². The Kier molecular flexibility index (Phi) is 5.10. The number of nitrogens with one attached hydrogen (secondary N) is 1. The van der Waals surface area contributed by atoms with E-state index in [2.05, 4.69) is 54.1 Å². The summed E-state index contributed by atoms with van der Waals surface area (Å²) in [5.41, 5.74) is 2.58. The van der Waals surface area contributed by atoms with Crippen molar-refractivity contribution in [2.24, 2.45) is 5.92 Å². The Labute approximate surface area is 124 Å². The fourth-order valence-electron chi connectivity index (χ4n) is 2.62. The van der Waals surface area contributed by atoms with Gasteiger partial charge >= 0.3 is 0 Å². The van der Waals surface area contributed by atoms with Crippen molar-refractivity contribution >= 4 is 19.4 Å². The lowest BCUT2D eigenvalue weighted by molar-refractivity contribution is 0.203. The van der Waals surface area contributed by atoms with E-state index in [0.29, 0.717) is 12.5 Å². The molecule has 0 spiro atoms. The molecular formula is C16H28N2OSi. The number of hydrogen-bond acceptors (Lipinski definition) is 3. The smallest absolute Gasteiger partial charge is 0.0662 e. The number of aliphatic hydroxyl groups excluding tert-OH is 1. The summed E-state index contributed by atoms with van der Waals surface area (Å²) in [7, 11) is -1.09. The van der Waals surface area contributed by atoms with Crippen molar-refractivity contribution in [1.82, 2.24) is 0 Å². The van der Waals surface area contributed by atoms with Crippen molar-refractivity contribution in [1.29, 1.82) is 0 Å². The largest absolute Gasteiger partial charge is 0.396 e. The maximum Gasteiger partial charge on any atom is 0.0662 e. The number of anilines is 2. The third kappa shape index (κ3) is 4.25. The lowest BCUT2D eigenvalue weighted by Crippen LogP contribution is -2.36. The van der Waals surface area contributed by atoms with E-state index in [9.17, 15) is 5.11 Å². The minimum atomic E-state index is -1.09. The van der Waals surface area contributed by atoms with Crippen molar-refractivity contribution in [3.63, 3.8) is 0 Å². The van der Waals surface area contributed by atoms with Crippen LogP contribution in [0.25, 0.3) is 0 Å². The van der Waals surface area contributed by atoms with Gasteiger partial charge in [0.25, 0.3) is 0 Å². The van der Waals surface area contributed by atoms with Crippen molar-refractivity contribution in [3.05, 3.63) is 24.3 Å². The normalized spacial score (nSPS) is 17.3. The van der Waals surface area contributed by atoms with Crippen molar-refractivity contribution < 1.29 is 5.11 Å². The molecule has 1 heterocycles. The van der Waals surface area contributed by atoms with Gasteiger partial charge in [0.15, 0.2) is 0 Å². The Morgan fingerprint density at radius 2 is 1.85 bits per heavy atom. The average molecular weight is 292 g/mol. The third-order valence-corrected chi connectivity index (χ3v) is 5.16. The molecule has 20 heavy (non-hydrogen) atoms. The second kappa shape index (κ2) is 6.63. The first kappa shape index (κ1) is 15.4. The first-order valence-electron chi connectivity index (χ1n) is 7.68. The summed E-state index contributed by atoms with van der Waals surface area (Å²) in [6.45, 7) is 9.59. The number of hydrogen-bond donors (Lipinski definition) is 2. The standard InChI is InChI=1S/C16H28N2OSi/c1-20(2,3)13-17-15-6-4-5-7-16(15)18-10-8-14(12-19)9-11-18/h4-7,14,17,19H,8-13H2,1-3H3. The molecule has 1 aromatic carbocycles. The molecule has 1 aliphatic heterocycles. The van der Waals surface area contributed by atoms with E-state index in [1.165, 1.54) is 11.4 Å². The first-order valence-corrected chi connectivity index (χ1v) is 11.4. The summed E-state index contributed by atoms with van der Waals surface area (Å²) in [5.74, 6) is 0.494. The van der Waals surface area contributed by atoms with Crippen LogP contribution >= 0.6 is 0 Å². The SMILES string of the molecule is C[Si](C)(C)CNc1ccccc1N1CCC(CO)CC1. The molecule has 112 valence electrons. The van der Waals surface area contributed by atoms with Gasteiger partial charge in [-0.25, -0.2) is 0 Å². The van der Waals surface area contributed by atoms with Crippen molar-refractivity contribution in [2.75, 3.05) is 36.1 Å². The predicted octanol–water partition coefficient (Wildman–Crippen LogP) is 3.18. The van der Waals surface area contributed by atoms with Crippen LogP contribution < -0.4 is 10.2 Å². The topological polar surface area (TPSA) is 35.5 Å². The molecule has 1 saturated heterocycles. The number of piperidine rings is 1. The van der Waals surface area contributed by atoms with E-state index in [1.54, 1.807) is 0 Å². The number of para-hydroxylation sites is 2. The highest BCUT2D eigenvalue weighted by Crippen LogP contribution is 2.29. The molecule has 0 aromatic heterocycles. The first-order chi connectivity index (χ1) is 9.49. The third-order valence-electron chi connectivity index (χ3n) is 3.93. The van der Waals surface area contributed by atoms with Crippen LogP contribution in [0.15, 0.2) is 24.3 Å². The Balaban J connectivity index is 2.04. The van der Waals surface area contributed by atoms with E-state index in [0.717, 1.165) is 32.1 Å².